The van der Waals surface area contributed by atoms with Gasteiger partial charge in [-0.15, -0.1) is 10.2 Å². The van der Waals surface area contributed by atoms with Crippen molar-refractivity contribution in [3.63, 3.8) is 0 Å². The van der Waals surface area contributed by atoms with Crippen molar-refractivity contribution < 1.29 is 0 Å². The molecule has 1 N–H and O–H groups in total. The largest absolute Gasteiger partial charge is 0.371 e. The molecule has 3 nitrogen and oxygen atoms in total. The fourth-order valence-corrected chi connectivity index (χ4v) is 1.94. The Hall–Kier alpha value is -1.61. The fourth-order valence-electron chi connectivity index (χ4n) is 1.75. The van der Waals surface area contributed by atoms with Gasteiger partial charge in [-0.1, -0.05) is 23.7 Å². The second-order valence-corrected chi connectivity index (χ2v) is 4.34. The topological polar surface area (TPSA) is 37.8 Å². The Kier molecular flexibility index (Phi) is 3.29. The third-order valence-corrected chi connectivity index (χ3v) is 3.09. The number of anilines is 1. The lowest BCUT2D eigenvalue weighted by molar-refractivity contribution is 1.00. The first-order valence-electron chi connectivity index (χ1n) is 5.41. The third kappa shape index (κ3) is 2.24. The van der Waals surface area contributed by atoms with Crippen LogP contribution in [0.15, 0.2) is 24.3 Å². The predicted octanol–water partition coefficient (Wildman–Crippen LogP) is 3.46. The van der Waals surface area contributed by atoms with Crippen LogP contribution >= 0.6 is 11.6 Å². The average Bonchev–Trinajstić information content (AvgIpc) is 2.32. The van der Waals surface area contributed by atoms with Gasteiger partial charge in [-0.3, -0.25) is 0 Å². The molecule has 0 aliphatic rings. The van der Waals surface area contributed by atoms with Gasteiger partial charge in [0.1, 0.15) is 0 Å². The maximum absolute atomic E-state index is 5.98. The first-order valence-corrected chi connectivity index (χ1v) is 5.79. The highest BCUT2D eigenvalue weighted by molar-refractivity contribution is 6.30. The van der Waals surface area contributed by atoms with Crippen LogP contribution in [0.3, 0.4) is 0 Å². The Bertz CT molecular complexity index is 552. The Morgan fingerprint density at radius 3 is 2.53 bits per heavy atom. The minimum absolute atomic E-state index is 0.707. The summed E-state index contributed by atoms with van der Waals surface area (Å²) in [5.41, 5.74) is 4.10. The number of hydrogen-bond acceptors (Lipinski definition) is 3. The Morgan fingerprint density at radius 2 is 1.88 bits per heavy atom. The first-order chi connectivity index (χ1) is 8.13. The zero-order chi connectivity index (χ0) is 12.4. The zero-order valence-corrected chi connectivity index (χ0v) is 10.8. The second-order valence-electron chi connectivity index (χ2n) is 3.91. The van der Waals surface area contributed by atoms with Crippen molar-refractivity contribution >= 4 is 17.4 Å². The number of benzene rings is 1. The molecule has 0 aliphatic carbocycles. The maximum atomic E-state index is 5.98. The highest BCUT2D eigenvalue weighted by atomic mass is 35.5. The van der Waals surface area contributed by atoms with Crippen LogP contribution in [0.25, 0.3) is 11.3 Å². The molecule has 0 spiro atoms. The maximum Gasteiger partial charge on any atom is 0.151 e. The normalized spacial score (nSPS) is 10.4. The number of hydrogen-bond donors (Lipinski definition) is 1. The summed E-state index contributed by atoms with van der Waals surface area (Å²) in [5.74, 6) is 0.813. The van der Waals surface area contributed by atoms with Gasteiger partial charge in [0.2, 0.25) is 0 Å². The SMILES string of the molecule is CNc1nnc(-c2cccc(Cl)c2)c(C)c1C. The van der Waals surface area contributed by atoms with Gasteiger partial charge in [0.25, 0.3) is 0 Å². The summed E-state index contributed by atoms with van der Waals surface area (Å²) < 4.78 is 0. The third-order valence-electron chi connectivity index (χ3n) is 2.86. The van der Waals surface area contributed by atoms with Gasteiger partial charge in [-0.2, -0.15) is 0 Å². The molecule has 0 fully saturated rings. The van der Waals surface area contributed by atoms with Crippen molar-refractivity contribution in [2.75, 3.05) is 12.4 Å². The van der Waals surface area contributed by atoms with Gasteiger partial charge < -0.3 is 5.32 Å². The van der Waals surface area contributed by atoms with E-state index >= 15 is 0 Å². The van der Waals surface area contributed by atoms with Gasteiger partial charge in [-0.25, -0.2) is 0 Å². The predicted molar refractivity (Wildman–Crippen MR) is 71.5 cm³/mol. The summed E-state index contributed by atoms with van der Waals surface area (Å²) in [5, 5.41) is 12.1. The van der Waals surface area contributed by atoms with Crippen LogP contribution in [0.4, 0.5) is 5.82 Å². The molecule has 0 saturated carbocycles. The molecule has 0 bridgehead atoms. The van der Waals surface area contributed by atoms with Gasteiger partial charge in [-0.05, 0) is 37.1 Å². The Balaban J connectivity index is 2.57. The molecule has 17 heavy (non-hydrogen) atoms. The molecule has 1 heterocycles. The van der Waals surface area contributed by atoms with Crippen molar-refractivity contribution in [1.29, 1.82) is 0 Å². The van der Waals surface area contributed by atoms with Crippen LogP contribution in [0, 0.1) is 13.8 Å². The van der Waals surface area contributed by atoms with Crippen molar-refractivity contribution in [3.05, 3.63) is 40.4 Å². The molecule has 4 heteroatoms. The first kappa shape index (κ1) is 11.9. The molecule has 0 unspecified atom stereocenters. The van der Waals surface area contributed by atoms with E-state index in [-0.39, 0.29) is 0 Å². The minimum Gasteiger partial charge on any atom is -0.371 e. The minimum atomic E-state index is 0.707. The van der Waals surface area contributed by atoms with E-state index in [1.165, 1.54) is 0 Å². The summed E-state index contributed by atoms with van der Waals surface area (Å²) >= 11 is 5.98. The van der Waals surface area contributed by atoms with Crippen molar-refractivity contribution in [2.45, 2.75) is 13.8 Å². The molecule has 0 aliphatic heterocycles. The number of aromatic nitrogens is 2. The molecular weight excluding hydrogens is 234 g/mol. The van der Waals surface area contributed by atoms with E-state index in [1.807, 2.05) is 45.2 Å². The molecule has 88 valence electrons. The number of nitrogens with one attached hydrogen (secondary N) is 1. The monoisotopic (exact) mass is 247 g/mol. The average molecular weight is 248 g/mol. The van der Waals surface area contributed by atoms with Crippen molar-refractivity contribution in [2.24, 2.45) is 0 Å². The molecule has 0 radical (unpaired) electrons. The van der Waals surface area contributed by atoms with Crippen LogP contribution in [0.5, 0.6) is 0 Å². The Labute approximate surface area is 106 Å². The van der Waals surface area contributed by atoms with E-state index in [1.54, 1.807) is 0 Å². The van der Waals surface area contributed by atoms with E-state index in [0.717, 1.165) is 28.2 Å². The zero-order valence-electron chi connectivity index (χ0n) is 10.1. The number of halogens is 1. The van der Waals surface area contributed by atoms with Crippen molar-refractivity contribution in [1.82, 2.24) is 10.2 Å². The van der Waals surface area contributed by atoms with Gasteiger partial charge >= 0.3 is 0 Å². The molecule has 0 saturated heterocycles. The van der Waals surface area contributed by atoms with E-state index in [9.17, 15) is 0 Å². The van der Waals surface area contributed by atoms with Gasteiger partial charge in [0.15, 0.2) is 5.82 Å². The molecule has 1 aromatic heterocycles. The smallest absolute Gasteiger partial charge is 0.151 e. The molecule has 2 aromatic rings. The van der Waals surface area contributed by atoms with Crippen LogP contribution in [-0.4, -0.2) is 17.2 Å². The summed E-state index contributed by atoms with van der Waals surface area (Å²) in [6, 6.07) is 7.65. The summed E-state index contributed by atoms with van der Waals surface area (Å²) in [7, 11) is 1.84. The van der Waals surface area contributed by atoms with E-state index in [2.05, 4.69) is 15.5 Å². The van der Waals surface area contributed by atoms with E-state index in [4.69, 9.17) is 11.6 Å². The van der Waals surface area contributed by atoms with Gasteiger partial charge in [0, 0.05) is 17.6 Å². The molecule has 0 amide bonds. The van der Waals surface area contributed by atoms with Crippen LogP contribution in [0.1, 0.15) is 11.1 Å². The van der Waals surface area contributed by atoms with Crippen LogP contribution in [0.2, 0.25) is 5.02 Å². The lowest BCUT2D eigenvalue weighted by atomic mass is 10.0. The number of nitrogens with zero attached hydrogens (tertiary/aromatic N) is 2. The fraction of sp³-hybridized carbons (Fsp3) is 0.231. The summed E-state index contributed by atoms with van der Waals surface area (Å²) in [4.78, 5) is 0. The number of rotatable bonds is 2. The lowest BCUT2D eigenvalue weighted by Gasteiger charge is -2.10. The summed E-state index contributed by atoms with van der Waals surface area (Å²) in [6.45, 7) is 4.07. The molecule has 2 rings (SSSR count). The Morgan fingerprint density at radius 1 is 1.12 bits per heavy atom. The quantitative estimate of drug-likeness (QED) is 0.883. The lowest BCUT2D eigenvalue weighted by Crippen LogP contribution is -2.02. The molecule has 1 aromatic carbocycles. The van der Waals surface area contributed by atoms with E-state index < -0.39 is 0 Å². The highest BCUT2D eigenvalue weighted by Crippen LogP contribution is 2.27. The van der Waals surface area contributed by atoms with E-state index in [0.29, 0.717) is 5.02 Å². The van der Waals surface area contributed by atoms with Crippen molar-refractivity contribution in [3.8, 4) is 11.3 Å². The second kappa shape index (κ2) is 4.72. The van der Waals surface area contributed by atoms with Crippen LogP contribution < -0.4 is 5.32 Å². The molecular formula is C13H14ClN3. The summed E-state index contributed by atoms with van der Waals surface area (Å²) in [6.07, 6.45) is 0. The van der Waals surface area contributed by atoms with Crippen LogP contribution in [-0.2, 0) is 0 Å². The highest BCUT2D eigenvalue weighted by Gasteiger charge is 2.10. The molecule has 0 atom stereocenters. The standard InChI is InChI=1S/C13H14ClN3/c1-8-9(2)13(15-3)17-16-12(8)10-5-4-6-11(14)7-10/h4-7H,1-3H3,(H,15,17). The van der Waals surface area contributed by atoms with Gasteiger partial charge in [0.05, 0.1) is 5.69 Å².